The number of hydrogen-bond acceptors (Lipinski definition) is 6. The van der Waals surface area contributed by atoms with Gasteiger partial charge in [0.15, 0.2) is 0 Å². The summed E-state index contributed by atoms with van der Waals surface area (Å²) in [7, 11) is 0. The van der Waals surface area contributed by atoms with Crippen LogP contribution >= 0.6 is 24.0 Å². The Morgan fingerprint density at radius 3 is 2.65 bits per heavy atom. The van der Waals surface area contributed by atoms with Crippen LogP contribution in [0, 0.1) is 5.82 Å². The monoisotopic (exact) mass is 494 g/mol. The first kappa shape index (κ1) is 22.7. The minimum Gasteiger partial charge on any atom is -0.367 e. The third kappa shape index (κ3) is 4.63. The number of anilines is 1. The third-order valence-corrected chi connectivity index (χ3v) is 7.50. The van der Waals surface area contributed by atoms with Gasteiger partial charge in [-0.1, -0.05) is 61.4 Å². The van der Waals surface area contributed by atoms with Gasteiger partial charge in [0, 0.05) is 12.2 Å². The number of carbonyl (C=O) groups is 1. The number of thioether (sulfide) groups is 1. The standard InChI is InChI=1S/C25H23FN4O2S2/c26-17-11-9-16(10-12-17)15-30-24(32)20(34-25(30)33)14-19-22(27-18-6-2-1-3-7-18)28-21-8-4-5-13-29(21)23(19)31/h4-5,8-14,18,27H,1-3,6-7,15H2/b20-14+. The Kier molecular flexibility index (Phi) is 6.47. The number of nitrogens with one attached hydrogen (secondary N) is 1. The number of thiocarbonyl (C=S) groups is 1. The molecule has 6 nitrogen and oxygen atoms in total. The van der Waals surface area contributed by atoms with Gasteiger partial charge >= 0.3 is 0 Å². The van der Waals surface area contributed by atoms with Crippen LogP contribution in [0.5, 0.6) is 0 Å². The molecule has 34 heavy (non-hydrogen) atoms. The van der Waals surface area contributed by atoms with Gasteiger partial charge in [0.1, 0.15) is 21.6 Å². The summed E-state index contributed by atoms with van der Waals surface area (Å²) < 4.78 is 15.1. The Bertz CT molecular complexity index is 1350. The molecule has 1 saturated carbocycles. The summed E-state index contributed by atoms with van der Waals surface area (Å²) in [5.41, 5.74) is 1.42. The lowest BCUT2D eigenvalue weighted by molar-refractivity contribution is -0.122. The maximum absolute atomic E-state index is 13.4. The average molecular weight is 495 g/mol. The lowest BCUT2D eigenvalue weighted by Gasteiger charge is -2.24. The molecule has 1 aliphatic heterocycles. The van der Waals surface area contributed by atoms with Crippen molar-refractivity contribution >= 4 is 51.7 Å². The highest BCUT2D eigenvalue weighted by Crippen LogP contribution is 2.34. The van der Waals surface area contributed by atoms with E-state index in [1.165, 1.54) is 27.9 Å². The van der Waals surface area contributed by atoms with Crippen molar-refractivity contribution in [2.24, 2.45) is 0 Å². The Morgan fingerprint density at radius 2 is 1.88 bits per heavy atom. The minimum atomic E-state index is -0.337. The predicted molar refractivity (Wildman–Crippen MR) is 137 cm³/mol. The van der Waals surface area contributed by atoms with Crippen molar-refractivity contribution in [3.63, 3.8) is 0 Å². The van der Waals surface area contributed by atoms with Gasteiger partial charge in [0.2, 0.25) is 0 Å². The van der Waals surface area contributed by atoms with Gasteiger partial charge in [-0.15, -0.1) is 0 Å². The molecule has 1 N–H and O–H groups in total. The molecular weight excluding hydrogens is 471 g/mol. The number of carbonyl (C=O) groups excluding carboxylic acids is 1. The molecule has 5 rings (SSSR count). The van der Waals surface area contributed by atoms with E-state index in [0.29, 0.717) is 26.3 Å². The van der Waals surface area contributed by atoms with E-state index in [9.17, 15) is 14.0 Å². The number of pyridine rings is 1. The summed E-state index contributed by atoms with van der Waals surface area (Å²) in [6, 6.07) is 11.6. The number of halogens is 1. The molecule has 1 amide bonds. The van der Waals surface area contributed by atoms with Crippen molar-refractivity contribution in [2.45, 2.75) is 44.7 Å². The number of fused-ring (bicyclic) bond motifs is 1. The Hall–Kier alpha value is -3.04. The maximum atomic E-state index is 13.4. The second-order valence-electron chi connectivity index (χ2n) is 8.48. The van der Waals surface area contributed by atoms with Crippen molar-refractivity contribution in [3.8, 4) is 0 Å². The first-order chi connectivity index (χ1) is 16.5. The van der Waals surface area contributed by atoms with Crippen LogP contribution in [0.15, 0.2) is 58.4 Å². The second kappa shape index (κ2) is 9.68. The zero-order valence-corrected chi connectivity index (χ0v) is 20.0. The third-order valence-electron chi connectivity index (χ3n) is 6.12. The molecular formula is C25H23FN4O2S2. The van der Waals surface area contributed by atoms with E-state index in [0.717, 1.165) is 43.0 Å². The van der Waals surface area contributed by atoms with Crippen molar-refractivity contribution < 1.29 is 9.18 Å². The molecule has 0 bridgehead atoms. The van der Waals surface area contributed by atoms with Crippen molar-refractivity contribution in [2.75, 3.05) is 5.32 Å². The first-order valence-electron chi connectivity index (χ1n) is 11.3. The average Bonchev–Trinajstić information content (AvgIpc) is 3.11. The number of nitrogens with zero attached hydrogens (tertiary/aromatic N) is 3. The van der Waals surface area contributed by atoms with E-state index < -0.39 is 0 Å². The first-order valence-corrected chi connectivity index (χ1v) is 12.5. The maximum Gasteiger partial charge on any atom is 0.267 e. The molecule has 0 radical (unpaired) electrons. The predicted octanol–water partition coefficient (Wildman–Crippen LogP) is 4.98. The summed E-state index contributed by atoms with van der Waals surface area (Å²) in [5.74, 6) is -0.122. The van der Waals surface area contributed by atoms with Gasteiger partial charge in [-0.2, -0.15) is 0 Å². The molecule has 0 spiro atoms. The number of rotatable bonds is 5. The van der Waals surface area contributed by atoms with Gasteiger partial charge in [0.25, 0.3) is 11.5 Å². The lowest BCUT2D eigenvalue weighted by atomic mass is 9.95. The number of benzene rings is 1. The fourth-order valence-electron chi connectivity index (χ4n) is 4.32. The van der Waals surface area contributed by atoms with Crippen LogP contribution in [-0.2, 0) is 11.3 Å². The molecule has 0 atom stereocenters. The van der Waals surface area contributed by atoms with Crippen molar-refractivity contribution in [1.29, 1.82) is 0 Å². The molecule has 3 heterocycles. The summed E-state index contributed by atoms with van der Waals surface area (Å²) in [6.07, 6.45) is 8.82. The van der Waals surface area contributed by atoms with Gasteiger partial charge in [-0.25, -0.2) is 9.37 Å². The van der Waals surface area contributed by atoms with Crippen LogP contribution in [0.4, 0.5) is 10.2 Å². The molecule has 9 heteroatoms. The second-order valence-corrected chi connectivity index (χ2v) is 10.2. The van der Waals surface area contributed by atoms with E-state index in [-0.39, 0.29) is 29.9 Å². The largest absolute Gasteiger partial charge is 0.367 e. The molecule has 2 aliphatic rings. The number of amides is 1. The lowest BCUT2D eigenvalue weighted by Crippen LogP contribution is -2.28. The quantitative estimate of drug-likeness (QED) is 0.399. The zero-order valence-electron chi connectivity index (χ0n) is 18.4. The molecule has 2 aromatic heterocycles. The molecule has 3 aromatic rings. The molecule has 1 aliphatic carbocycles. The molecule has 1 saturated heterocycles. The molecule has 1 aromatic carbocycles. The minimum absolute atomic E-state index is 0.240. The van der Waals surface area contributed by atoms with Gasteiger partial charge in [-0.3, -0.25) is 18.9 Å². The van der Waals surface area contributed by atoms with Gasteiger partial charge in [-0.05, 0) is 48.7 Å². The molecule has 0 unspecified atom stereocenters. The highest BCUT2D eigenvalue weighted by atomic mass is 32.2. The van der Waals surface area contributed by atoms with Crippen LogP contribution in [-0.4, -0.2) is 30.6 Å². The Balaban J connectivity index is 1.50. The van der Waals surface area contributed by atoms with E-state index in [2.05, 4.69) is 5.32 Å². The Labute approximate surface area is 205 Å². The summed E-state index contributed by atoms with van der Waals surface area (Å²) >= 11 is 6.61. The summed E-state index contributed by atoms with van der Waals surface area (Å²) in [4.78, 5) is 33.2. The zero-order chi connectivity index (χ0) is 23.7. The summed E-state index contributed by atoms with van der Waals surface area (Å²) in [5, 5.41) is 3.47. The van der Waals surface area contributed by atoms with E-state index in [1.54, 1.807) is 36.5 Å². The molecule has 2 fully saturated rings. The van der Waals surface area contributed by atoms with Crippen LogP contribution in [0.1, 0.15) is 43.2 Å². The van der Waals surface area contributed by atoms with Crippen molar-refractivity contribution in [3.05, 3.63) is 80.9 Å². The van der Waals surface area contributed by atoms with Gasteiger partial charge in [0.05, 0.1) is 17.0 Å². The van der Waals surface area contributed by atoms with E-state index >= 15 is 0 Å². The Morgan fingerprint density at radius 1 is 1.12 bits per heavy atom. The van der Waals surface area contributed by atoms with Crippen LogP contribution in [0.2, 0.25) is 0 Å². The highest BCUT2D eigenvalue weighted by Gasteiger charge is 2.33. The van der Waals surface area contributed by atoms with E-state index in [1.807, 2.05) is 6.07 Å². The highest BCUT2D eigenvalue weighted by molar-refractivity contribution is 8.26. The van der Waals surface area contributed by atoms with Crippen LogP contribution < -0.4 is 10.9 Å². The topological polar surface area (TPSA) is 66.7 Å². The fraction of sp³-hybridized carbons (Fsp3) is 0.280. The van der Waals surface area contributed by atoms with Crippen LogP contribution in [0.25, 0.3) is 11.7 Å². The number of aromatic nitrogens is 2. The van der Waals surface area contributed by atoms with E-state index in [4.69, 9.17) is 17.2 Å². The fourth-order valence-corrected chi connectivity index (χ4v) is 5.56. The SMILES string of the molecule is O=C1/C(=C\c2c(NC3CCCCC3)nc3ccccn3c2=O)SC(=S)N1Cc1ccc(F)cc1. The van der Waals surface area contributed by atoms with Crippen LogP contribution in [0.3, 0.4) is 0 Å². The normalized spacial score (nSPS) is 18.3. The number of hydrogen-bond donors (Lipinski definition) is 1. The smallest absolute Gasteiger partial charge is 0.267 e. The summed E-state index contributed by atoms with van der Waals surface area (Å²) in [6.45, 7) is 0.240. The molecule has 174 valence electrons. The van der Waals surface area contributed by atoms with Gasteiger partial charge < -0.3 is 5.32 Å². The van der Waals surface area contributed by atoms with Crippen molar-refractivity contribution in [1.82, 2.24) is 14.3 Å².